The summed E-state index contributed by atoms with van der Waals surface area (Å²) in [7, 11) is 1.68. The molecular formula is C31H36FN5O2. The van der Waals surface area contributed by atoms with E-state index in [1.807, 2.05) is 25.1 Å². The van der Waals surface area contributed by atoms with E-state index in [9.17, 15) is 9.18 Å². The number of benzene rings is 2. The average Bonchev–Trinajstić information content (AvgIpc) is 2.97. The van der Waals surface area contributed by atoms with Gasteiger partial charge in [0.1, 0.15) is 17.3 Å². The molecule has 0 saturated carbocycles. The quantitative estimate of drug-likeness (QED) is 0.537. The molecule has 1 fully saturated rings. The second-order valence-electron chi connectivity index (χ2n) is 9.76. The molecule has 3 heterocycles. The van der Waals surface area contributed by atoms with Crippen LogP contribution >= 0.6 is 0 Å². The Balaban J connectivity index is 1.19. The van der Waals surface area contributed by atoms with Crippen LogP contribution in [-0.2, 0) is 11.3 Å². The smallest absolute Gasteiger partial charge is 0.270 e. The van der Waals surface area contributed by atoms with E-state index in [0.717, 1.165) is 49.6 Å². The van der Waals surface area contributed by atoms with Crippen molar-refractivity contribution in [2.45, 2.75) is 26.3 Å². The molecule has 0 aromatic heterocycles. The van der Waals surface area contributed by atoms with Crippen LogP contribution in [0, 0.1) is 0 Å². The van der Waals surface area contributed by atoms with Gasteiger partial charge >= 0.3 is 0 Å². The van der Waals surface area contributed by atoms with Crippen LogP contribution in [0.4, 0.5) is 15.8 Å². The summed E-state index contributed by atoms with van der Waals surface area (Å²) in [5.74, 6) is 0.368. The number of allylic oxidation sites excluding steroid dienone is 4. The molecule has 0 bridgehead atoms. The molecule has 0 unspecified atom stereocenters. The lowest BCUT2D eigenvalue weighted by Gasteiger charge is -2.37. The lowest BCUT2D eigenvalue weighted by Crippen LogP contribution is -2.46. The van der Waals surface area contributed by atoms with Crippen molar-refractivity contribution in [3.05, 3.63) is 101 Å². The van der Waals surface area contributed by atoms with E-state index in [1.54, 1.807) is 18.2 Å². The minimum atomic E-state index is -0.314. The summed E-state index contributed by atoms with van der Waals surface area (Å²) in [5.41, 5.74) is 5.46. The number of hydrogen-bond donors (Lipinski definition) is 2. The first-order chi connectivity index (χ1) is 19.1. The fraction of sp³-hybridized carbons (Fsp3) is 0.323. The Kier molecular flexibility index (Phi) is 8.20. The van der Waals surface area contributed by atoms with Crippen LogP contribution in [0.1, 0.15) is 25.3 Å². The van der Waals surface area contributed by atoms with Crippen LogP contribution in [0.3, 0.4) is 0 Å². The molecule has 2 N–H and O–H groups in total. The lowest BCUT2D eigenvalue weighted by molar-refractivity contribution is -0.118. The number of piperazine rings is 1. The van der Waals surface area contributed by atoms with Crippen LogP contribution in [0.15, 0.2) is 95.9 Å². The molecule has 0 atom stereocenters. The maximum atomic E-state index is 13.9. The second-order valence-corrected chi connectivity index (χ2v) is 9.76. The van der Waals surface area contributed by atoms with Crippen LogP contribution in [-0.4, -0.2) is 50.6 Å². The highest BCUT2D eigenvalue weighted by atomic mass is 19.1. The van der Waals surface area contributed by atoms with Gasteiger partial charge in [0, 0.05) is 68.2 Å². The number of ether oxygens (including phenoxy) is 1. The summed E-state index contributed by atoms with van der Waals surface area (Å²) in [6, 6.07) is 16.6. The van der Waals surface area contributed by atoms with E-state index in [-0.39, 0.29) is 11.7 Å². The molecule has 2 aromatic rings. The summed E-state index contributed by atoms with van der Waals surface area (Å²) in [6.45, 7) is 6.91. The number of carbonyl (C=O) groups is 1. The number of anilines is 2. The molecule has 39 heavy (non-hydrogen) atoms. The molecule has 2 aromatic carbocycles. The van der Waals surface area contributed by atoms with Crippen molar-refractivity contribution in [1.82, 2.24) is 15.5 Å². The molecule has 3 aliphatic rings. The summed E-state index contributed by atoms with van der Waals surface area (Å²) in [4.78, 5) is 20.0. The molecule has 7 nitrogen and oxygen atoms in total. The summed E-state index contributed by atoms with van der Waals surface area (Å²) < 4.78 is 19.2. The molecule has 5 rings (SSSR count). The van der Waals surface area contributed by atoms with Crippen molar-refractivity contribution in [3.8, 4) is 5.75 Å². The van der Waals surface area contributed by atoms with Crippen molar-refractivity contribution in [2.24, 2.45) is 0 Å². The van der Waals surface area contributed by atoms with Gasteiger partial charge in [-0.3, -0.25) is 4.79 Å². The van der Waals surface area contributed by atoms with Crippen LogP contribution in [0.25, 0.3) is 0 Å². The molecule has 3 aliphatic heterocycles. The third-order valence-corrected chi connectivity index (χ3v) is 7.35. The molecule has 0 aliphatic carbocycles. The highest BCUT2D eigenvalue weighted by molar-refractivity contribution is 5.94. The monoisotopic (exact) mass is 529 g/mol. The van der Waals surface area contributed by atoms with Gasteiger partial charge in [-0.1, -0.05) is 25.1 Å². The van der Waals surface area contributed by atoms with Crippen molar-refractivity contribution < 1.29 is 13.9 Å². The van der Waals surface area contributed by atoms with Crippen LogP contribution in [0.2, 0.25) is 0 Å². The molecule has 1 saturated heterocycles. The third kappa shape index (κ3) is 6.11. The summed E-state index contributed by atoms with van der Waals surface area (Å²) >= 11 is 0. The molecule has 0 spiro atoms. The highest BCUT2D eigenvalue weighted by Gasteiger charge is 2.25. The number of carbonyl (C=O) groups excluding carboxylic acids is 1. The Morgan fingerprint density at radius 3 is 2.26 bits per heavy atom. The summed E-state index contributed by atoms with van der Waals surface area (Å²) in [6.07, 6.45) is 7.86. The zero-order valence-corrected chi connectivity index (χ0v) is 22.6. The number of fused-ring (bicyclic) bond motifs is 1. The normalized spacial score (nSPS) is 20.6. The number of nitrogens with one attached hydrogen (secondary N) is 2. The Bertz CT molecular complexity index is 1290. The van der Waals surface area contributed by atoms with Crippen molar-refractivity contribution >= 4 is 17.3 Å². The van der Waals surface area contributed by atoms with E-state index in [0.29, 0.717) is 30.9 Å². The highest BCUT2D eigenvalue weighted by Crippen LogP contribution is 2.27. The first-order valence-corrected chi connectivity index (χ1v) is 13.6. The van der Waals surface area contributed by atoms with Gasteiger partial charge in [-0.25, -0.2) is 4.39 Å². The zero-order chi connectivity index (χ0) is 27.2. The van der Waals surface area contributed by atoms with E-state index in [1.165, 1.54) is 23.5 Å². The first-order valence-electron chi connectivity index (χ1n) is 13.6. The van der Waals surface area contributed by atoms with Gasteiger partial charge in [-0.2, -0.15) is 0 Å². The number of rotatable bonds is 7. The molecule has 204 valence electrons. The van der Waals surface area contributed by atoms with Gasteiger partial charge in [0.15, 0.2) is 0 Å². The van der Waals surface area contributed by atoms with E-state index >= 15 is 0 Å². The van der Waals surface area contributed by atoms with Gasteiger partial charge in [0.05, 0.1) is 7.11 Å². The van der Waals surface area contributed by atoms with Gasteiger partial charge in [0.2, 0.25) is 0 Å². The second kappa shape index (κ2) is 12.1. The maximum Gasteiger partial charge on any atom is 0.270 e. The predicted octanol–water partition coefficient (Wildman–Crippen LogP) is 4.82. The van der Waals surface area contributed by atoms with Crippen molar-refractivity contribution in [2.75, 3.05) is 49.6 Å². The fourth-order valence-electron chi connectivity index (χ4n) is 5.17. The lowest BCUT2D eigenvalue weighted by atomic mass is 10.1. The number of halogens is 1. The molecule has 0 radical (unpaired) electrons. The molecule has 8 heteroatoms. The fourth-order valence-corrected chi connectivity index (χ4v) is 5.17. The SMILES string of the molecule is CC/C1=C(\C(=O)NCc2ccc(N3CCN(c4ccc(OC)cc4)CC3)cc2)N2C=CC(F)=C/C2=C\CCN1. The van der Waals surface area contributed by atoms with Crippen molar-refractivity contribution in [1.29, 1.82) is 0 Å². The average molecular weight is 530 g/mol. The topological polar surface area (TPSA) is 60.1 Å². The standard InChI is InChI=1S/C31H36FN5O2/c1-3-29-30(37-16-14-24(32)21-27(37)5-4-15-33-29)31(38)34-22-23-6-8-25(9-7-23)35-17-19-36(20-18-35)26-10-12-28(39-2)13-11-26/h5-14,16,21,33H,3-4,15,17-20,22H2,1-2H3,(H,34,38)/b27-5+,30-29-. The van der Waals surface area contributed by atoms with Crippen LogP contribution < -0.4 is 25.2 Å². The van der Waals surface area contributed by atoms with Crippen molar-refractivity contribution in [3.63, 3.8) is 0 Å². The van der Waals surface area contributed by atoms with E-state index in [2.05, 4.69) is 56.8 Å². The number of hydrogen-bond acceptors (Lipinski definition) is 6. The van der Waals surface area contributed by atoms with Gasteiger partial charge in [0.25, 0.3) is 5.91 Å². The first kappa shape index (κ1) is 26.4. The zero-order valence-electron chi connectivity index (χ0n) is 22.6. The van der Waals surface area contributed by atoms with Gasteiger partial charge < -0.3 is 30.1 Å². The third-order valence-electron chi connectivity index (χ3n) is 7.35. The maximum absolute atomic E-state index is 13.9. The Labute approximate surface area is 229 Å². The van der Waals surface area contributed by atoms with E-state index < -0.39 is 0 Å². The summed E-state index contributed by atoms with van der Waals surface area (Å²) in [5, 5.41) is 6.45. The largest absolute Gasteiger partial charge is 0.497 e. The predicted molar refractivity (Wildman–Crippen MR) is 154 cm³/mol. The number of amides is 1. The Hall–Kier alpha value is -4.20. The molecular weight excluding hydrogens is 493 g/mol. The van der Waals surface area contributed by atoms with E-state index in [4.69, 9.17) is 4.74 Å². The Morgan fingerprint density at radius 2 is 1.64 bits per heavy atom. The van der Waals surface area contributed by atoms with Crippen LogP contribution in [0.5, 0.6) is 5.75 Å². The molecule has 1 amide bonds. The minimum Gasteiger partial charge on any atom is -0.497 e. The minimum absolute atomic E-state index is 0.189. The van der Waals surface area contributed by atoms with Gasteiger partial charge in [-0.05, 0) is 67.0 Å². The number of nitrogens with zero attached hydrogens (tertiary/aromatic N) is 3. The number of methoxy groups -OCH3 is 1. The Morgan fingerprint density at radius 1 is 1.00 bits per heavy atom. The van der Waals surface area contributed by atoms with Gasteiger partial charge in [-0.15, -0.1) is 0 Å².